The van der Waals surface area contributed by atoms with Crippen molar-refractivity contribution in [3.05, 3.63) is 22.8 Å². The van der Waals surface area contributed by atoms with Crippen molar-refractivity contribution in [3.8, 4) is 0 Å². The molecule has 0 aromatic heterocycles. The zero-order chi connectivity index (χ0) is 11.6. The quantitative estimate of drug-likeness (QED) is 0.591. The van der Waals surface area contributed by atoms with Crippen LogP contribution in [0.2, 0.25) is 0 Å². The van der Waals surface area contributed by atoms with Crippen molar-refractivity contribution in [2.45, 2.75) is 58.8 Å². The smallest absolute Gasteiger partial charge is 0.0103 e. The lowest BCUT2D eigenvalue weighted by atomic mass is 9.73. The first kappa shape index (κ1) is 10.4. The van der Waals surface area contributed by atoms with E-state index in [1.54, 1.807) is 0 Å². The fraction of sp³-hybridized carbons (Fsp3) is 0.765. The summed E-state index contributed by atoms with van der Waals surface area (Å²) in [4.78, 5) is 0. The summed E-state index contributed by atoms with van der Waals surface area (Å²) in [7, 11) is 0. The first-order valence-electron chi connectivity index (χ1n) is 7.52. The third-order valence-corrected chi connectivity index (χ3v) is 6.01. The number of rotatable bonds is 2. The van der Waals surface area contributed by atoms with Gasteiger partial charge in [-0.2, -0.15) is 0 Å². The van der Waals surface area contributed by atoms with Gasteiger partial charge in [-0.25, -0.2) is 0 Å². The van der Waals surface area contributed by atoms with Gasteiger partial charge in [0, 0.05) is 0 Å². The Morgan fingerprint density at radius 3 is 2.76 bits per heavy atom. The second kappa shape index (κ2) is 3.28. The van der Waals surface area contributed by atoms with E-state index in [0.717, 1.165) is 17.8 Å². The lowest BCUT2D eigenvalue weighted by Crippen LogP contribution is -2.21. The average Bonchev–Trinajstić information content (AvgIpc) is 2.94. The van der Waals surface area contributed by atoms with Crippen molar-refractivity contribution in [3.63, 3.8) is 0 Å². The van der Waals surface area contributed by atoms with Crippen LogP contribution in [0.25, 0.3) is 0 Å². The van der Waals surface area contributed by atoms with E-state index in [4.69, 9.17) is 0 Å². The third kappa shape index (κ3) is 1.49. The van der Waals surface area contributed by atoms with E-state index in [0.29, 0.717) is 5.41 Å². The summed E-state index contributed by atoms with van der Waals surface area (Å²) in [6.07, 6.45) is 12.8. The second-order valence-electron chi connectivity index (χ2n) is 7.68. The van der Waals surface area contributed by atoms with Crippen LogP contribution in [0.1, 0.15) is 58.8 Å². The Kier molecular flexibility index (Phi) is 2.00. The normalized spacial score (nSPS) is 41.5. The molecule has 0 amide bonds. The highest BCUT2D eigenvalue weighted by atomic mass is 14.5. The second-order valence-corrected chi connectivity index (χ2v) is 7.68. The Balaban J connectivity index is 1.57. The molecule has 0 aromatic carbocycles. The molecule has 2 saturated carbocycles. The van der Waals surface area contributed by atoms with Gasteiger partial charge in [-0.1, -0.05) is 36.6 Å². The van der Waals surface area contributed by atoms with E-state index in [1.807, 2.05) is 16.7 Å². The van der Waals surface area contributed by atoms with Crippen LogP contribution in [0.4, 0.5) is 0 Å². The van der Waals surface area contributed by atoms with Crippen molar-refractivity contribution in [1.82, 2.24) is 0 Å². The summed E-state index contributed by atoms with van der Waals surface area (Å²) < 4.78 is 0. The van der Waals surface area contributed by atoms with Gasteiger partial charge in [0.05, 0.1) is 0 Å². The van der Waals surface area contributed by atoms with Crippen molar-refractivity contribution in [2.24, 2.45) is 23.2 Å². The molecule has 0 nitrogen and oxygen atoms in total. The molecule has 0 radical (unpaired) electrons. The molecule has 3 atom stereocenters. The highest BCUT2D eigenvalue weighted by Gasteiger charge is 2.46. The van der Waals surface area contributed by atoms with Crippen LogP contribution in [0, 0.1) is 23.2 Å². The molecule has 0 aromatic rings. The van der Waals surface area contributed by atoms with Gasteiger partial charge in [0.1, 0.15) is 0 Å². The Bertz CT molecular complexity index is 421. The van der Waals surface area contributed by atoms with Crippen molar-refractivity contribution in [1.29, 1.82) is 0 Å². The lowest BCUT2D eigenvalue weighted by molar-refractivity contribution is 0.282. The maximum atomic E-state index is 2.65. The Hall–Kier alpha value is -0.520. The van der Waals surface area contributed by atoms with Gasteiger partial charge in [-0.15, -0.1) is 0 Å². The first-order valence-corrected chi connectivity index (χ1v) is 7.52. The average molecular weight is 228 g/mol. The standard InChI is InChI=1S/C17H24/c1-17(2)10-12-7-15(16(17)8-12)9-14-6-11-3-4-13(14)5-11/h7,11-12,16H,3-6,8-10H2,1-2H3. The molecule has 0 N–H and O–H groups in total. The van der Waals surface area contributed by atoms with Gasteiger partial charge in [0.15, 0.2) is 0 Å². The highest BCUT2D eigenvalue weighted by molar-refractivity contribution is 5.34. The minimum absolute atomic E-state index is 0.595. The maximum absolute atomic E-state index is 2.65. The predicted molar refractivity (Wildman–Crippen MR) is 71.7 cm³/mol. The van der Waals surface area contributed by atoms with Gasteiger partial charge >= 0.3 is 0 Å². The number of allylic oxidation sites excluding steroid dienone is 4. The Morgan fingerprint density at radius 2 is 2.18 bits per heavy atom. The van der Waals surface area contributed by atoms with Crippen LogP contribution in [0.5, 0.6) is 0 Å². The molecule has 0 spiro atoms. The molecular formula is C17H24. The fourth-order valence-electron chi connectivity index (χ4n) is 5.27. The largest absolute Gasteiger partial charge is 0.0815 e. The van der Waals surface area contributed by atoms with E-state index in [-0.39, 0.29) is 0 Å². The third-order valence-electron chi connectivity index (χ3n) is 6.01. The molecule has 4 bridgehead atoms. The van der Waals surface area contributed by atoms with Crippen LogP contribution in [0.15, 0.2) is 22.8 Å². The molecule has 0 aliphatic heterocycles. The molecule has 2 fully saturated rings. The number of hydrogen-bond acceptors (Lipinski definition) is 0. The highest BCUT2D eigenvalue weighted by Crippen LogP contribution is 2.57. The number of hydrogen-bond donors (Lipinski definition) is 0. The monoisotopic (exact) mass is 228 g/mol. The van der Waals surface area contributed by atoms with E-state index < -0.39 is 0 Å². The number of fused-ring (bicyclic) bond motifs is 4. The zero-order valence-electron chi connectivity index (χ0n) is 11.3. The van der Waals surface area contributed by atoms with Crippen LogP contribution in [-0.4, -0.2) is 0 Å². The molecular weight excluding hydrogens is 204 g/mol. The van der Waals surface area contributed by atoms with Gasteiger partial charge in [-0.05, 0) is 68.1 Å². The molecule has 0 heterocycles. The fourth-order valence-corrected chi connectivity index (χ4v) is 5.27. The van der Waals surface area contributed by atoms with Crippen LogP contribution < -0.4 is 0 Å². The molecule has 4 rings (SSSR count). The summed E-state index contributed by atoms with van der Waals surface area (Å²) in [5.74, 6) is 2.89. The van der Waals surface area contributed by atoms with Gasteiger partial charge in [0.25, 0.3) is 0 Å². The van der Waals surface area contributed by atoms with Crippen molar-refractivity contribution in [2.75, 3.05) is 0 Å². The molecule has 4 aliphatic rings. The molecule has 17 heavy (non-hydrogen) atoms. The minimum atomic E-state index is 0.595. The van der Waals surface area contributed by atoms with E-state index in [2.05, 4.69) is 19.9 Å². The van der Waals surface area contributed by atoms with Crippen LogP contribution >= 0.6 is 0 Å². The summed E-state index contributed by atoms with van der Waals surface area (Å²) in [5.41, 5.74) is 6.13. The van der Waals surface area contributed by atoms with Crippen molar-refractivity contribution < 1.29 is 0 Å². The van der Waals surface area contributed by atoms with E-state index in [9.17, 15) is 0 Å². The predicted octanol–water partition coefficient (Wildman–Crippen LogP) is 4.87. The van der Waals surface area contributed by atoms with Gasteiger partial charge < -0.3 is 0 Å². The van der Waals surface area contributed by atoms with Gasteiger partial charge in [0.2, 0.25) is 0 Å². The molecule has 4 aliphatic carbocycles. The Labute approximate surface area is 105 Å². The Morgan fingerprint density at radius 1 is 1.29 bits per heavy atom. The summed E-state index contributed by atoms with van der Waals surface area (Å²) >= 11 is 0. The van der Waals surface area contributed by atoms with Crippen LogP contribution in [-0.2, 0) is 0 Å². The summed E-state index contributed by atoms with van der Waals surface area (Å²) in [5, 5.41) is 0. The van der Waals surface area contributed by atoms with Crippen molar-refractivity contribution >= 4 is 0 Å². The molecule has 92 valence electrons. The zero-order valence-corrected chi connectivity index (χ0v) is 11.3. The summed E-state index contributed by atoms with van der Waals surface area (Å²) in [6, 6.07) is 0. The SMILES string of the molecule is CC1(C)CC2C=C(CC3=C4CCC(C4)C3)C1C2. The lowest BCUT2D eigenvalue weighted by Gasteiger charge is -2.31. The molecule has 0 heteroatoms. The summed E-state index contributed by atoms with van der Waals surface area (Å²) in [6.45, 7) is 4.98. The minimum Gasteiger partial charge on any atom is -0.0815 e. The van der Waals surface area contributed by atoms with Gasteiger partial charge in [-0.3, -0.25) is 0 Å². The van der Waals surface area contributed by atoms with E-state index in [1.165, 1.54) is 44.9 Å². The first-order chi connectivity index (χ1) is 8.12. The van der Waals surface area contributed by atoms with E-state index >= 15 is 0 Å². The maximum Gasteiger partial charge on any atom is -0.0103 e. The topological polar surface area (TPSA) is 0 Å². The van der Waals surface area contributed by atoms with Crippen LogP contribution in [0.3, 0.4) is 0 Å². The molecule has 0 saturated heterocycles. The molecule has 3 unspecified atom stereocenters.